The van der Waals surface area contributed by atoms with E-state index in [0.29, 0.717) is 16.5 Å². The van der Waals surface area contributed by atoms with Gasteiger partial charge in [0.1, 0.15) is 11.6 Å². The van der Waals surface area contributed by atoms with Crippen molar-refractivity contribution < 1.29 is 17.9 Å². The quantitative estimate of drug-likeness (QED) is 0.631. The van der Waals surface area contributed by atoms with Gasteiger partial charge in [0.05, 0.1) is 18.5 Å². The van der Waals surface area contributed by atoms with Crippen LogP contribution in [0.3, 0.4) is 0 Å². The van der Waals surface area contributed by atoms with Gasteiger partial charge >= 0.3 is 0 Å². The lowest BCUT2D eigenvalue weighted by molar-refractivity contribution is -0.127. The summed E-state index contributed by atoms with van der Waals surface area (Å²) in [7, 11) is -3.61. The van der Waals surface area contributed by atoms with Gasteiger partial charge in [-0.1, -0.05) is 23.7 Å². The number of ether oxygens (including phenoxy) is 1. The molecule has 0 saturated carbocycles. The summed E-state index contributed by atoms with van der Waals surface area (Å²) in [5, 5.41) is 3.20. The molecule has 4 rings (SSSR count). The van der Waals surface area contributed by atoms with Crippen molar-refractivity contribution in [2.24, 2.45) is 0 Å². The zero-order chi connectivity index (χ0) is 22.2. The highest BCUT2D eigenvalue weighted by atomic mass is 35.5. The summed E-state index contributed by atoms with van der Waals surface area (Å²) in [6.07, 6.45) is 3.72. The Kier molecular flexibility index (Phi) is 5.63. The van der Waals surface area contributed by atoms with Gasteiger partial charge < -0.3 is 14.6 Å². The highest BCUT2D eigenvalue weighted by molar-refractivity contribution is 7.92. The standard InChI is InChI=1S/C21H21ClN4O4S/c1-14-23-9-10-25(14)17-6-3-15(4-7-17)12-24-21(27)20-13-26(31(2,28)29)18-11-16(22)5-8-19(18)30-20/h3-11,20H,12-13H2,1-2H3,(H,24,27). The second-order valence-corrected chi connectivity index (χ2v) is 9.58. The maximum Gasteiger partial charge on any atom is 0.263 e. The Morgan fingerprint density at radius 1 is 1.26 bits per heavy atom. The third-order valence-corrected chi connectivity index (χ3v) is 6.37. The van der Waals surface area contributed by atoms with E-state index >= 15 is 0 Å². The Labute approximate surface area is 185 Å². The Bertz CT molecular complexity index is 1220. The summed E-state index contributed by atoms with van der Waals surface area (Å²) in [5.74, 6) is 0.776. The summed E-state index contributed by atoms with van der Waals surface area (Å²) in [6.45, 7) is 2.08. The van der Waals surface area contributed by atoms with Gasteiger partial charge in [0, 0.05) is 29.6 Å². The number of amides is 1. The molecule has 0 radical (unpaired) electrons. The average Bonchev–Trinajstić information content (AvgIpc) is 3.16. The fraction of sp³-hybridized carbons (Fsp3) is 0.238. The van der Waals surface area contributed by atoms with Crippen LogP contribution in [0.4, 0.5) is 5.69 Å². The van der Waals surface area contributed by atoms with Crippen LogP contribution in [0, 0.1) is 6.92 Å². The average molecular weight is 461 g/mol. The molecule has 1 N–H and O–H groups in total. The van der Waals surface area contributed by atoms with Crippen LogP contribution >= 0.6 is 11.6 Å². The number of aryl methyl sites for hydroxylation is 1. The van der Waals surface area contributed by atoms with Crippen LogP contribution in [0.25, 0.3) is 5.69 Å². The van der Waals surface area contributed by atoms with Crippen molar-refractivity contribution in [2.75, 3.05) is 17.1 Å². The summed E-state index contributed by atoms with van der Waals surface area (Å²) in [6, 6.07) is 12.4. The first-order chi connectivity index (χ1) is 14.7. The molecular weight excluding hydrogens is 440 g/mol. The Balaban J connectivity index is 1.45. The summed E-state index contributed by atoms with van der Waals surface area (Å²) in [5.41, 5.74) is 2.20. The fourth-order valence-corrected chi connectivity index (χ4v) is 4.48. The molecule has 0 spiro atoms. The molecule has 1 aromatic heterocycles. The zero-order valence-electron chi connectivity index (χ0n) is 16.9. The first-order valence-corrected chi connectivity index (χ1v) is 11.8. The van der Waals surface area contributed by atoms with Crippen LogP contribution in [-0.4, -0.2) is 42.8 Å². The summed E-state index contributed by atoms with van der Waals surface area (Å²) in [4.78, 5) is 16.9. The number of aromatic nitrogens is 2. The van der Waals surface area contributed by atoms with E-state index in [1.54, 1.807) is 18.3 Å². The number of sulfonamides is 1. The van der Waals surface area contributed by atoms with Crippen molar-refractivity contribution in [3.05, 3.63) is 71.3 Å². The van der Waals surface area contributed by atoms with Gasteiger partial charge in [-0.25, -0.2) is 13.4 Å². The SMILES string of the molecule is Cc1nccn1-c1ccc(CNC(=O)C2CN(S(C)(=O)=O)c3cc(Cl)ccc3O2)cc1. The number of carbonyl (C=O) groups is 1. The lowest BCUT2D eigenvalue weighted by Crippen LogP contribution is -2.50. The number of imidazole rings is 1. The number of carbonyl (C=O) groups excluding carboxylic acids is 1. The van der Waals surface area contributed by atoms with Crippen molar-refractivity contribution >= 4 is 33.2 Å². The van der Waals surface area contributed by atoms with Gasteiger partial charge in [-0.15, -0.1) is 0 Å². The van der Waals surface area contributed by atoms with E-state index in [4.69, 9.17) is 16.3 Å². The molecule has 162 valence electrons. The van der Waals surface area contributed by atoms with E-state index in [1.807, 2.05) is 42.0 Å². The maximum absolute atomic E-state index is 12.7. The molecule has 10 heteroatoms. The number of benzene rings is 2. The molecule has 0 fully saturated rings. The number of hydrogen-bond acceptors (Lipinski definition) is 5. The number of anilines is 1. The largest absolute Gasteiger partial charge is 0.476 e. The number of rotatable bonds is 5. The first-order valence-electron chi connectivity index (χ1n) is 9.53. The third-order valence-electron chi connectivity index (χ3n) is 4.99. The molecule has 1 amide bonds. The first kappa shape index (κ1) is 21.2. The van der Waals surface area contributed by atoms with Gasteiger partial charge in [0.15, 0.2) is 6.10 Å². The van der Waals surface area contributed by atoms with Crippen LogP contribution in [0.15, 0.2) is 54.9 Å². The monoisotopic (exact) mass is 460 g/mol. The summed E-state index contributed by atoms with van der Waals surface area (Å²) >= 11 is 6.00. The van der Waals surface area contributed by atoms with E-state index in [-0.39, 0.29) is 13.1 Å². The van der Waals surface area contributed by atoms with Crippen molar-refractivity contribution in [2.45, 2.75) is 19.6 Å². The molecule has 8 nitrogen and oxygen atoms in total. The Morgan fingerprint density at radius 3 is 2.65 bits per heavy atom. The molecule has 0 aliphatic carbocycles. The van der Waals surface area contributed by atoms with E-state index in [2.05, 4.69) is 10.3 Å². The molecule has 0 bridgehead atoms. The molecule has 1 aliphatic rings. The van der Waals surface area contributed by atoms with Crippen LogP contribution in [0.5, 0.6) is 5.75 Å². The molecular formula is C21H21ClN4O4S. The van der Waals surface area contributed by atoms with Crippen LogP contribution in [0.2, 0.25) is 5.02 Å². The highest BCUT2D eigenvalue weighted by Gasteiger charge is 2.35. The molecule has 2 aromatic carbocycles. The number of hydrogen-bond donors (Lipinski definition) is 1. The Hall–Kier alpha value is -3.04. The lowest BCUT2D eigenvalue weighted by Gasteiger charge is -2.34. The minimum atomic E-state index is -3.61. The highest BCUT2D eigenvalue weighted by Crippen LogP contribution is 2.37. The van der Waals surface area contributed by atoms with Gasteiger partial charge in [-0.3, -0.25) is 9.10 Å². The molecule has 3 aromatic rings. The predicted molar refractivity (Wildman–Crippen MR) is 118 cm³/mol. The van der Waals surface area contributed by atoms with Crippen LogP contribution in [-0.2, 0) is 21.4 Å². The fourth-order valence-electron chi connectivity index (χ4n) is 3.40. The molecule has 2 heterocycles. The van der Waals surface area contributed by atoms with Crippen molar-refractivity contribution in [3.8, 4) is 11.4 Å². The molecule has 1 unspecified atom stereocenters. The van der Waals surface area contributed by atoms with Crippen LogP contribution < -0.4 is 14.4 Å². The van der Waals surface area contributed by atoms with E-state index in [0.717, 1.165) is 27.6 Å². The van der Waals surface area contributed by atoms with E-state index < -0.39 is 22.0 Å². The lowest BCUT2D eigenvalue weighted by atomic mass is 10.2. The zero-order valence-corrected chi connectivity index (χ0v) is 18.5. The number of halogens is 1. The van der Waals surface area contributed by atoms with Gasteiger partial charge in [-0.05, 0) is 42.8 Å². The molecule has 1 atom stereocenters. The number of nitrogens with one attached hydrogen (secondary N) is 1. The van der Waals surface area contributed by atoms with Crippen molar-refractivity contribution in [1.29, 1.82) is 0 Å². The van der Waals surface area contributed by atoms with Crippen molar-refractivity contribution in [3.63, 3.8) is 0 Å². The Morgan fingerprint density at radius 2 is 2.00 bits per heavy atom. The summed E-state index contributed by atoms with van der Waals surface area (Å²) < 4.78 is 33.4. The number of nitrogens with zero attached hydrogens (tertiary/aromatic N) is 3. The topological polar surface area (TPSA) is 93.5 Å². The normalized spacial score (nSPS) is 15.8. The third kappa shape index (κ3) is 4.52. The van der Waals surface area contributed by atoms with Gasteiger partial charge in [0.2, 0.25) is 10.0 Å². The number of fused-ring (bicyclic) bond motifs is 1. The molecule has 31 heavy (non-hydrogen) atoms. The van der Waals surface area contributed by atoms with Gasteiger partial charge in [0.25, 0.3) is 5.91 Å². The molecule has 0 saturated heterocycles. The second-order valence-electron chi connectivity index (χ2n) is 7.24. The minimum absolute atomic E-state index is 0.128. The smallest absolute Gasteiger partial charge is 0.263 e. The van der Waals surface area contributed by atoms with Crippen LogP contribution in [0.1, 0.15) is 11.4 Å². The van der Waals surface area contributed by atoms with Crippen molar-refractivity contribution in [1.82, 2.24) is 14.9 Å². The second kappa shape index (κ2) is 8.24. The van der Waals surface area contributed by atoms with E-state index in [1.165, 1.54) is 6.07 Å². The maximum atomic E-state index is 12.7. The minimum Gasteiger partial charge on any atom is -0.476 e. The molecule has 1 aliphatic heterocycles. The predicted octanol–water partition coefficient (Wildman–Crippen LogP) is 2.68. The van der Waals surface area contributed by atoms with E-state index in [9.17, 15) is 13.2 Å². The van der Waals surface area contributed by atoms with Gasteiger partial charge in [-0.2, -0.15) is 0 Å².